The average molecular weight is 351 g/mol. The van der Waals surface area contributed by atoms with Gasteiger partial charge in [-0.3, -0.25) is 4.79 Å². The molecule has 0 spiro atoms. The van der Waals surface area contributed by atoms with Gasteiger partial charge in [-0.05, 0) is 62.9 Å². The second-order valence-corrected chi connectivity index (χ2v) is 7.41. The van der Waals surface area contributed by atoms with Crippen molar-refractivity contribution in [2.75, 3.05) is 26.7 Å². The quantitative estimate of drug-likeness (QED) is 0.879. The predicted molar refractivity (Wildman–Crippen MR) is 96.9 cm³/mol. The number of carbonyl (C=O) groups is 1. The number of amides is 1. The number of likely N-dealkylation sites (tertiary alicyclic amines) is 1. The lowest BCUT2D eigenvalue weighted by Gasteiger charge is -2.36. The minimum atomic E-state index is -0.104. The van der Waals surface area contributed by atoms with Crippen molar-refractivity contribution < 1.29 is 9.53 Å². The fraction of sp³-hybridized carbons (Fsp3) is 0.632. The van der Waals surface area contributed by atoms with E-state index in [1.807, 2.05) is 0 Å². The van der Waals surface area contributed by atoms with E-state index in [1.54, 1.807) is 25.3 Å². The number of hydrogen-bond donors (Lipinski definition) is 1. The largest absolute Gasteiger partial charge is 0.496 e. The Morgan fingerprint density at radius 3 is 2.62 bits per heavy atom. The predicted octanol–water partition coefficient (Wildman–Crippen LogP) is 3.73. The third-order valence-electron chi connectivity index (χ3n) is 5.45. The Hall–Kier alpha value is -1.26. The Bertz CT molecular complexity index is 564. The van der Waals surface area contributed by atoms with Crippen LogP contribution in [-0.2, 0) is 0 Å². The maximum absolute atomic E-state index is 12.4. The third-order valence-corrected chi connectivity index (χ3v) is 5.68. The first-order valence-corrected chi connectivity index (χ1v) is 9.41. The van der Waals surface area contributed by atoms with Crippen LogP contribution in [0.5, 0.6) is 5.75 Å². The Labute approximate surface area is 149 Å². The van der Waals surface area contributed by atoms with Crippen LogP contribution in [-0.4, -0.2) is 43.6 Å². The van der Waals surface area contributed by atoms with E-state index in [1.165, 1.54) is 51.6 Å². The van der Waals surface area contributed by atoms with E-state index in [2.05, 4.69) is 10.2 Å². The molecule has 3 rings (SSSR count). The van der Waals surface area contributed by atoms with Crippen molar-refractivity contribution >= 4 is 17.5 Å². The molecule has 2 aliphatic rings. The number of nitrogens with zero attached hydrogens (tertiary/aromatic N) is 1. The fourth-order valence-electron chi connectivity index (χ4n) is 3.98. The van der Waals surface area contributed by atoms with Gasteiger partial charge in [-0.2, -0.15) is 0 Å². The molecular formula is C19H27ClN2O2. The first-order valence-electron chi connectivity index (χ1n) is 9.03. The highest BCUT2D eigenvalue weighted by molar-refractivity contribution is 6.31. The summed E-state index contributed by atoms with van der Waals surface area (Å²) in [5.41, 5.74) is 0.508. The number of piperidine rings is 1. The van der Waals surface area contributed by atoms with Crippen molar-refractivity contribution in [3.8, 4) is 5.75 Å². The summed E-state index contributed by atoms with van der Waals surface area (Å²) in [7, 11) is 1.57. The van der Waals surface area contributed by atoms with Crippen molar-refractivity contribution in [3.63, 3.8) is 0 Å². The number of nitrogens with one attached hydrogen (secondary N) is 1. The summed E-state index contributed by atoms with van der Waals surface area (Å²) >= 11 is 6.00. The smallest absolute Gasteiger partial charge is 0.255 e. The molecule has 1 saturated carbocycles. The molecule has 1 saturated heterocycles. The Balaban J connectivity index is 1.48. The summed E-state index contributed by atoms with van der Waals surface area (Å²) in [6.45, 7) is 3.07. The molecule has 1 amide bonds. The maximum Gasteiger partial charge on any atom is 0.255 e. The van der Waals surface area contributed by atoms with Crippen molar-refractivity contribution in [1.29, 1.82) is 0 Å². The zero-order valence-electron chi connectivity index (χ0n) is 14.4. The highest BCUT2D eigenvalue weighted by Gasteiger charge is 2.27. The van der Waals surface area contributed by atoms with Gasteiger partial charge < -0.3 is 15.0 Å². The molecule has 1 N–H and O–H groups in total. The molecule has 24 heavy (non-hydrogen) atoms. The van der Waals surface area contributed by atoms with Crippen molar-refractivity contribution in [1.82, 2.24) is 10.2 Å². The summed E-state index contributed by atoms with van der Waals surface area (Å²) in [5.74, 6) is 1.03. The number of hydrogen-bond acceptors (Lipinski definition) is 3. The summed E-state index contributed by atoms with van der Waals surface area (Å²) in [6, 6.07) is 5.95. The monoisotopic (exact) mass is 350 g/mol. The minimum absolute atomic E-state index is 0.104. The molecular weight excluding hydrogens is 324 g/mol. The average Bonchev–Trinajstić information content (AvgIpc) is 3.14. The van der Waals surface area contributed by atoms with Crippen LogP contribution in [0, 0.1) is 5.92 Å². The number of benzene rings is 1. The Morgan fingerprint density at radius 1 is 1.25 bits per heavy atom. The molecule has 1 heterocycles. The number of ether oxygens (including phenoxy) is 1. The van der Waals surface area contributed by atoms with Crippen LogP contribution in [0.15, 0.2) is 18.2 Å². The van der Waals surface area contributed by atoms with Crippen molar-refractivity contribution in [3.05, 3.63) is 28.8 Å². The highest BCUT2D eigenvalue weighted by Crippen LogP contribution is 2.28. The second-order valence-electron chi connectivity index (χ2n) is 6.97. The SMILES string of the molecule is COc1ccc(Cl)cc1C(=O)NCC1CCN(C2CCCC2)CC1. The van der Waals surface area contributed by atoms with Crippen LogP contribution in [0.25, 0.3) is 0 Å². The van der Waals surface area contributed by atoms with Crippen LogP contribution < -0.4 is 10.1 Å². The first-order chi connectivity index (χ1) is 11.7. The van der Waals surface area contributed by atoms with Crippen LogP contribution in [0.1, 0.15) is 48.9 Å². The van der Waals surface area contributed by atoms with Crippen LogP contribution in [0.2, 0.25) is 5.02 Å². The van der Waals surface area contributed by atoms with E-state index in [9.17, 15) is 4.79 Å². The van der Waals surface area contributed by atoms with Crippen molar-refractivity contribution in [2.24, 2.45) is 5.92 Å². The molecule has 1 aromatic carbocycles. The van der Waals surface area contributed by atoms with Gasteiger partial charge in [0.15, 0.2) is 0 Å². The first kappa shape index (κ1) is 17.6. The van der Waals surface area contributed by atoms with Gasteiger partial charge >= 0.3 is 0 Å². The molecule has 1 aromatic rings. The van der Waals surface area contributed by atoms with Gasteiger partial charge in [-0.25, -0.2) is 0 Å². The molecule has 0 radical (unpaired) electrons. The van der Waals surface area contributed by atoms with Gasteiger partial charge in [-0.1, -0.05) is 24.4 Å². The second kappa shape index (κ2) is 8.21. The number of methoxy groups -OCH3 is 1. The lowest BCUT2D eigenvalue weighted by Crippen LogP contribution is -2.42. The number of carbonyl (C=O) groups excluding carboxylic acids is 1. The highest BCUT2D eigenvalue weighted by atomic mass is 35.5. The van der Waals surface area contributed by atoms with Gasteiger partial charge in [0.2, 0.25) is 0 Å². The topological polar surface area (TPSA) is 41.6 Å². The van der Waals surface area contributed by atoms with E-state index < -0.39 is 0 Å². The van der Waals surface area contributed by atoms with E-state index in [-0.39, 0.29) is 5.91 Å². The van der Waals surface area contributed by atoms with Crippen LogP contribution >= 0.6 is 11.6 Å². The molecule has 0 atom stereocenters. The van der Waals surface area contributed by atoms with Gasteiger partial charge in [0.1, 0.15) is 5.75 Å². The third kappa shape index (κ3) is 4.22. The molecule has 2 fully saturated rings. The molecule has 0 aromatic heterocycles. The van der Waals surface area contributed by atoms with Gasteiger partial charge in [0.05, 0.1) is 12.7 Å². The number of halogens is 1. The van der Waals surface area contributed by atoms with Gasteiger partial charge in [0, 0.05) is 17.6 Å². The maximum atomic E-state index is 12.4. The number of rotatable bonds is 5. The van der Waals surface area contributed by atoms with Gasteiger partial charge in [0.25, 0.3) is 5.91 Å². The molecule has 4 nitrogen and oxygen atoms in total. The summed E-state index contributed by atoms with van der Waals surface area (Å²) in [4.78, 5) is 15.1. The summed E-state index contributed by atoms with van der Waals surface area (Å²) < 4.78 is 5.26. The molecule has 0 bridgehead atoms. The summed E-state index contributed by atoms with van der Waals surface area (Å²) in [6.07, 6.45) is 7.86. The molecule has 5 heteroatoms. The minimum Gasteiger partial charge on any atom is -0.496 e. The van der Waals surface area contributed by atoms with E-state index in [4.69, 9.17) is 16.3 Å². The summed E-state index contributed by atoms with van der Waals surface area (Å²) in [5, 5.41) is 3.61. The normalized spacial score (nSPS) is 20.2. The van der Waals surface area contributed by atoms with Crippen molar-refractivity contribution in [2.45, 2.75) is 44.6 Å². The molecule has 1 aliphatic heterocycles. The Kier molecular flexibility index (Phi) is 6.01. The van der Waals surface area contributed by atoms with E-state index >= 15 is 0 Å². The lowest BCUT2D eigenvalue weighted by atomic mass is 9.95. The molecule has 1 aliphatic carbocycles. The van der Waals surface area contributed by atoms with Crippen LogP contribution in [0.4, 0.5) is 0 Å². The Morgan fingerprint density at radius 2 is 1.96 bits per heavy atom. The zero-order valence-corrected chi connectivity index (χ0v) is 15.1. The zero-order chi connectivity index (χ0) is 16.9. The lowest BCUT2D eigenvalue weighted by molar-refractivity contribution is 0.0922. The van der Waals surface area contributed by atoms with Crippen LogP contribution in [0.3, 0.4) is 0 Å². The van der Waals surface area contributed by atoms with E-state index in [0.717, 1.165) is 12.6 Å². The van der Waals surface area contributed by atoms with E-state index in [0.29, 0.717) is 22.3 Å². The fourth-order valence-corrected chi connectivity index (χ4v) is 4.15. The molecule has 132 valence electrons. The van der Waals surface area contributed by atoms with Gasteiger partial charge in [-0.15, -0.1) is 0 Å². The standard InChI is InChI=1S/C19H27ClN2O2/c1-24-18-7-6-15(20)12-17(18)19(23)21-13-14-8-10-22(11-9-14)16-4-2-3-5-16/h6-7,12,14,16H,2-5,8-11,13H2,1H3,(H,21,23). The molecule has 0 unspecified atom stereocenters.